The zero-order valence-corrected chi connectivity index (χ0v) is 22.0. The molecule has 6 nitrogen and oxygen atoms in total. The Morgan fingerprint density at radius 1 is 1.12 bits per heavy atom. The van der Waals surface area contributed by atoms with Crippen molar-refractivity contribution in [2.24, 2.45) is 10.9 Å². The van der Waals surface area contributed by atoms with Gasteiger partial charge >= 0.3 is 0 Å². The second kappa shape index (κ2) is 12.9. The van der Waals surface area contributed by atoms with Gasteiger partial charge in [-0.25, -0.2) is 9.07 Å². The summed E-state index contributed by atoms with van der Waals surface area (Å²) in [5.41, 5.74) is 4.30. The number of nitrogens with one attached hydrogen (secondary N) is 2. The number of guanidine groups is 1. The summed E-state index contributed by atoms with van der Waals surface area (Å²) in [7, 11) is 1.79. The highest BCUT2D eigenvalue weighted by Crippen LogP contribution is 2.33. The number of aliphatic imine (C=N–C) groups is 1. The molecular weight excluding hydrogens is 544 g/mol. The summed E-state index contributed by atoms with van der Waals surface area (Å²) in [6.07, 6.45) is 4.97. The molecule has 0 amide bonds. The molecule has 0 spiro atoms. The van der Waals surface area contributed by atoms with Crippen molar-refractivity contribution in [2.75, 3.05) is 26.7 Å². The van der Waals surface area contributed by atoms with Crippen molar-refractivity contribution in [3.05, 3.63) is 83.4 Å². The van der Waals surface area contributed by atoms with Gasteiger partial charge in [0.05, 0.1) is 17.5 Å². The molecule has 2 N–H and O–H groups in total. The number of halogens is 2. The van der Waals surface area contributed by atoms with Gasteiger partial charge in [0.25, 0.3) is 0 Å². The third kappa shape index (κ3) is 7.02. The van der Waals surface area contributed by atoms with E-state index in [9.17, 15) is 4.39 Å². The van der Waals surface area contributed by atoms with Gasteiger partial charge in [0.1, 0.15) is 5.82 Å². The minimum atomic E-state index is -0.251. The van der Waals surface area contributed by atoms with E-state index in [1.54, 1.807) is 23.9 Å². The summed E-state index contributed by atoms with van der Waals surface area (Å²) in [6.45, 7) is 4.43. The molecule has 182 valence electrons. The molecule has 34 heavy (non-hydrogen) atoms. The molecule has 1 aliphatic rings. The van der Waals surface area contributed by atoms with Crippen LogP contribution in [0.3, 0.4) is 0 Å². The molecule has 2 atom stereocenters. The zero-order chi connectivity index (χ0) is 23.0. The fourth-order valence-electron chi connectivity index (χ4n) is 4.17. The predicted molar refractivity (Wildman–Crippen MR) is 145 cm³/mol. The van der Waals surface area contributed by atoms with Crippen molar-refractivity contribution in [3.63, 3.8) is 0 Å². The van der Waals surface area contributed by atoms with E-state index >= 15 is 0 Å². The van der Waals surface area contributed by atoms with Crippen molar-refractivity contribution in [1.29, 1.82) is 0 Å². The third-order valence-electron chi connectivity index (χ3n) is 6.02. The fraction of sp³-hybridized carbons (Fsp3) is 0.385. The molecule has 1 fully saturated rings. The highest BCUT2D eigenvalue weighted by molar-refractivity contribution is 14.0. The van der Waals surface area contributed by atoms with Crippen molar-refractivity contribution in [3.8, 4) is 5.69 Å². The standard InChI is InChI=1S/C26H32FN5O.HI/c1-19-5-7-20(8-6-19)25-21(4-3-17-33-25)18-30-26(28-2)29-15-13-23-14-16-32(31-23)24-11-9-22(27)10-12-24;/h5-12,14,16,21,25H,3-4,13,15,17-18H2,1-2H3,(H2,28,29,30);1H. The number of ether oxygens (including phenoxy) is 1. The van der Waals surface area contributed by atoms with E-state index in [-0.39, 0.29) is 35.9 Å². The zero-order valence-electron chi connectivity index (χ0n) is 19.7. The Kier molecular flexibility index (Phi) is 9.88. The van der Waals surface area contributed by atoms with Gasteiger partial charge in [-0.2, -0.15) is 5.10 Å². The molecule has 0 bridgehead atoms. The van der Waals surface area contributed by atoms with Crippen LogP contribution in [0.15, 0.2) is 65.8 Å². The van der Waals surface area contributed by atoms with Crippen LogP contribution in [0.25, 0.3) is 5.69 Å². The number of aryl methyl sites for hydroxylation is 1. The number of hydrogen-bond acceptors (Lipinski definition) is 3. The summed E-state index contributed by atoms with van der Waals surface area (Å²) in [4.78, 5) is 4.37. The van der Waals surface area contributed by atoms with E-state index in [0.29, 0.717) is 12.5 Å². The topological polar surface area (TPSA) is 63.5 Å². The summed E-state index contributed by atoms with van der Waals surface area (Å²) in [5, 5.41) is 11.4. The van der Waals surface area contributed by atoms with E-state index in [1.807, 2.05) is 12.3 Å². The quantitative estimate of drug-likeness (QED) is 0.241. The Balaban J connectivity index is 0.00000324. The Morgan fingerprint density at radius 2 is 1.88 bits per heavy atom. The highest BCUT2D eigenvalue weighted by Gasteiger charge is 2.27. The molecule has 0 aliphatic carbocycles. The number of hydrogen-bond donors (Lipinski definition) is 2. The smallest absolute Gasteiger partial charge is 0.191 e. The van der Waals surface area contributed by atoms with Gasteiger partial charge in [-0.3, -0.25) is 4.99 Å². The van der Waals surface area contributed by atoms with Crippen LogP contribution in [0.1, 0.15) is 35.8 Å². The maximum Gasteiger partial charge on any atom is 0.191 e. The summed E-state index contributed by atoms with van der Waals surface area (Å²) in [6, 6.07) is 16.9. The Hall–Kier alpha value is -2.46. The second-order valence-electron chi connectivity index (χ2n) is 8.46. The molecule has 0 saturated carbocycles. The molecule has 1 saturated heterocycles. The number of rotatable bonds is 7. The summed E-state index contributed by atoms with van der Waals surface area (Å²) < 4.78 is 21.0. The molecule has 3 aromatic rings. The normalized spacial score (nSPS) is 18.3. The van der Waals surface area contributed by atoms with Gasteiger partial charge in [-0.05, 0) is 55.7 Å². The molecule has 4 rings (SSSR count). The maximum absolute atomic E-state index is 13.1. The average Bonchev–Trinajstić information content (AvgIpc) is 3.31. The first-order chi connectivity index (χ1) is 16.1. The van der Waals surface area contributed by atoms with Gasteiger partial charge in [-0.15, -0.1) is 24.0 Å². The van der Waals surface area contributed by atoms with E-state index < -0.39 is 0 Å². The first-order valence-electron chi connectivity index (χ1n) is 11.6. The molecule has 2 heterocycles. The molecule has 2 unspecified atom stereocenters. The summed E-state index contributed by atoms with van der Waals surface area (Å²) >= 11 is 0. The van der Waals surface area contributed by atoms with Crippen molar-refractivity contribution in [1.82, 2.24) is 20.4 Å². The molecule has 2 aromatic carbocycles. The molecule has 1 aromatic heterocycles. The van der Waals surface area contributed by atoms with Gasteiger partial charge in [-0.1, -0.05) is 29.8 Å². The lowest BCUT2D eigenvalue weighted by atomic mass is 9.89. The first-order valence-corrected chi connectivity index (χ1v) is 11.6. The van der Waals surface area contributed by atoms with Gasteiger partial charge < -0.3 is 15.4 Å². The lowest BCUT2D eigenvalue weighted by molar-refractivity contribution is -0.0265. The predicted octanol–water partition coefficient (Wildman–Crippen LogP) is 4.81. The Bertz CT molecular complexity index is 1050. The SMILES string of the molecule is CN=C(NCCc1ccn(-c2ccc(F)cc2)n1)NCC1CCCOC1c1ccc(C)cc1.I. The van der Waals surface area contributed by atoms with Crippen LogP contribution in [-0.2, 0) is 11.2 Å². The average molecular weight is 577 g/mol. The van der Waals surface area contributed by atoms with Crippen LogP contribution >= 0.6 is 24.0 Å². The molecule has 1 aliphatic heterocycles. The molecular formula is C26H33FIN5O. The van der Waals surface area contributed by atoms with Crippen LogP contribution in [0.5, 0.6) is 0 Å². The second-order valence-corrected chi connectivity index (χ2v) is 8.46. The van der Waals surface area contributed by atoms with Crippen molar-refractivity contribution >= 4 is 29.9 Å². The molecule has 0 radical (unpaired) electrons. The van der Waals surface area contributed by atoms with E-state index in [2.05, 4.69) is 51.9 Å². The Labute approximate surface area is 218 Å². The van der Waals surface area contributed by atoms with E-state index in [0.717, 1.165) is 49.8 Å². The number of benzene rings is 2. The van der Waals surface area contributed by atoms with Crippen LogP contribution in [0.2, 0.25) is 0 Å². The van der Waals surface area contributed by atoms with E-state index in [1.165, 1.54) is 23.3 Å². The largest absolute Gasteiger partial charge is 0.373 e. The fourth-order valence-corrected chi connectivity index (χ4v) is 4.17. The van der Waals surface area contributed by atoms with Crippen molar-refractivity contribution < 1.29 is 9.13 Å². The summed E-state index contributed by atoms with van der Waals surface area (Å²) in [5.74, 6) is 0.923. The monoisotopic (exact) mass is 577 g/mol. The maximum atomic E-state index is 13.1. The van der Waals surface area contributed by atoms with Crippen molar-refractivity contribution in [2.45, 2.75) is 32.3 Å². The number of aromatic nitrogens is 2. The van der Waals surface area contributed by atoms with Crippen LogP contribution in [0, 0.1) is 18.7 Å². The minimum absolute atomic E-state index is 0. The highest BCUT2D eigenvalue weighted by atomic mass is 127. The minimum Gasteiger partial charge on any atom is -0.373 e. The lowest BCUT2D eigenvalue weighted by Crippen LogP contribution is -2.42. The first kappa shape index (κ1) is 26.2. The molecule has 8 heteroatoms. The van der Waals surface area contributed by atoms with E-state index in [4.69, 9.17) is 4.74 Å². The van der Waals surface area contributed by atoms with Gasteiger partial charge in [0, 0.05) is 45.3 Å². The van der Waals surface area contributed by atoms with Crippen LogP contribution in [-0.4, -0.2) is 42.5 Å². The van der Waals surface area contributed by atoms with Crippen LogP contribution in [0.4, 0.5) is 4.39 Å². The number of nitrogens with zero attached hydrogens (tertiary/aromatic N) is 3. The lowest BCUT2D eigenvalue weighted by Gasteiger charge is -2.32. The third-order valence-corrected chi connectivity index (χ3v) is 6.02. The Morgan fingerprint density at radius 3 is 2.62 bits per heavy atom. The van der Waals surface area contributed by atoms with Gasteiger partial charge in [0.15, 0.2) is 5.96 Å². The van der Waals surface area contributed by atoms with Crippen LogP contribution < -0.4 is 10.6 Å². The van der Waals surface area contributed by atoms with Gasteiger partial charge in [0.2, 0.25) is 0 Å².